The van der Waals surface area contributed by atoms with Gasteiger partial charge in [-0.2, -0.15) is 5.26 Å². The van der Waals surface area contributed by atoms with E-state index in [9.17, 15) is 0 Å². The molecular weight excluding hydrogens is 232 g/mol. The van der Waals surface area contributed by atoms with Crippen molar-refractivity contribution in [3.8, 4) is 6.07 Å². The molecule has 0 heterocycles. The second-order valence-corrected chi connectivity index (χ2v) is 5.63. The summed E-state index contributed by atoms with van der Waals surface area (Å²) in [5, 5.41) is 12.8. The van der Waals surface area contributed by atoms with Crippen LogP contribution in [0.3, 0.4) is 0 Å². The van der Waals surface area contributed by atoms with Crippen molar-refractivity contribution < 1.29 is 0 Å². The fourth-order valence-corrected chi connectivity index (χ4v) is 3.15. The Bertz CT molecular complexity index is 407. The lowest BCUT2D eigenvalue weighted by molar-refractivity contribution is 0.262. The van der Waals surface area contributed by atoms with Crippen LogP contribution in [-0.4, -0.2) is 6.04 Å². The molecule has 2 rings (SSSR count). The summed E-state index contributed by atoms with van der Waals surface area (Å²) in [4.78, 5) is 0. The van der Waals surface area contributed by atoms with E-state index < -0.39 is 0 Å². The summed E-state index contributed by atoms with van der Waals surface area (Å²) >= 11 is 0. The molecular formula is C17H24N2. The predicted octanol–water partition coefficient (Wildman–Crippen LogP) is 4.20. The molecule has 1 aromatic rings. The average Bonchev–Trinajstić information content (AvgIpc) is 2.48. The van der Waals surface area contributed by atoms with Gasteiger partial charge in [-0.25, -0.2) is 0 Å². The van der Waals surface area contributed by atoms with Gasteiger partial charge in [-0.3, -0.25) is 0 Å². The van der Waals surface area contributed by atoms with Gasteiger partial charge >= 0.3 is 0 Å². The molecule has 3 unspecified atom stereocenters. The largest absolute Gasteiger partial charge is 0.306 e. The van der Waals surface area contributed by atoms with Crippen molar-refractivity contribution >= 4 is 0 Å². The summed E-state index contributed by atoms with van der Waals surface area (Å²) in [6.07, 6.45) is 7.06. The minimum atomic E-state index is 0.187. The monoisotopic (exact) mass is 256 g/mol. The molecule has 1 fully saturated rings. The number of nitrogens with zero attached hydrogens (tertiary/aromatic N) is 1. The molecule has 0 spiro atoms. The van der Waals surface area contributed by atoms with Crippen LogP contribution >= 0.6 is 0 Å². The number of hydrogen-bond donors (Lipinski definition) is 1. The Morgan fingerprint density at radius 2 is 2.11 bits per heavy atom. The van der Waals surface area contributed by atoms with Gasteiger partial charge in [0.25, 0.3) is 0 Å². The van der Waals surface area contributed by atoms with E-state index in [4.69, 9.17) is 5.26 Å². The fourth-order valence-electron chi connectivity index (χ4n) is 3.15. The van der Waals surface area contributed by atoms with Crippen LogP contribution in [0.5, 0.6) is 0 Å². The molecule has 0 saturated heterocycles. The Morgan fingerprint density at radius 3 is 2.79 bits per heavy atom. The zero-order chi connectivity index (χ0) is 13.5. The highest BCUT2D eigenvalue weighted by atomic mass is 15.0. The van der Waals surface area contributed by atoms with Crippen molar-refractivity contribution in [1.29, 1.82) is 5.26 Å². The third kappa shape index (κ3) is 4.08. The van der Waals surface area contributed by atoms with Crippen LogP contribution in [0.25, 0.3) is 0 Å². The first kappa shape index (κ1) is 14.1. The van der Waals surface area contributed by atoms with Crippen LogP contribution < -0.4 is 5.32 Å². The van der Waals surface area contributed by atoms with Gasteiger partial charge in [-0.15, -0.1) is 0 Å². The Balaban J connectivity index is 1.99. The molecule has 0 radical (unpaired) electrons. The van der Waals surface area contributed by atoms with Crippen molar-refractivity contribution in [1.82, 2.24) is 5.32 Å². The second kappa shape index (κ2) is 7.31. The van der Waals surface area contributed by atoms with E-state index in [1.54, 1.807) is 0 Å². The van der Waals surface area contributed by atoms with E-state index in [1.165, 1.54) is 37.7 Å². The highest BCUT2D eigenvalue weighted by Crippen LogP contribution is 2.28. The SMILES string of the molecule is CCC1CCCC(NC(CC#N)c2ccccc2)C1. The molecule has 1 N–H and O–H groups in total. The van der Waals surface area contributed by atoms with Crippen LogP contribution in [0, 0.1) is 17.2 Å². The molecule has 2 nitrogen and oxygen atoms in total. The maximum atomic E-state index is 9.04. The van der Waals surface area contributed by atoms with Crippen molar-refractivity contribution in [2.24, 2.45) is 5.92 Å². The lowest BCUT2D eigenvalue weighted by atomic mass is 9.83. The third-order valence-corrected chi connectivity index (χ3v) is 4.29. The zero-order valence-corrected chi connectivity index (χ0v) is 11.8. The fraction of sp³-hybridized carbons (Fsp3) is 0.588. The summed E-state index contributed by atoms with van der Waals surface area (Å²) in [7, 11) is 0. The van der Waals surface area contributed by atoms with Crippen molar-refractivity contribution in [3.05, 3.63) is 35.9 Å². The van der Waals surface area contributed by atoms with Gasteiger partial charge < -0.3 is 5.32 Å². The van der Waals surface area contributed by atoms with E-state index in [1.807, 2.05) is 6.07 Å². The molecule has 2 heteroatoms. The van der Waals surface area contributed by atoms with Gasteiger partial charge in [-0.1, -0.05) is 56.5 Å². The first-order valence-electron chi connectivity index (χ1n) is 7.51. The minimum Gasteiger partial charge on any atom is -0.306 e. The quantitative estimate of drug-likeness (QED) is 0.857. The summed E-state index contributed by atoms with van der Waals surface area (Å²) in [5.41, 5.74) is 1.24. The van der Waals surface area contributed by atoms with Gasteiger partial charge in [0.05, 0.1) is 12.5 Å². The molecule has 0 bridgehead atoms. The molecule has 19 heavy (non-hydrogen) atoms. The number of nitriles is 1. The van der Waals surface area contributed by atoms with Gasteiger partial charge in [0.2, 0.25) is 0 Å². The van der Waals surface area contributed by atoms with Crippen LogP contribution in [-0.2, 0) is 0 Å². The van der Waals surface area contributed by atoms with Gasteiger partial charge in [-0.05, 0) is 24.3 Å². The summed E-state index contributed by atoms with van der Waals surface area (Å²) < 4.78 is 0. The second-order valence-electron chi connectivity index (χ2n) is 5.63. The Labute approximate surface area is 116 Å². The molecule has 1 aliphatic carbocycles. The lowest BCUT2D eigenvalue weighted by Gasteiger charge is -2.32. The predicted molar refractivity (Wildman–Crippen MR) is 78.6 cm³/mol. The third-order valence-electron chi connectivity index (χ3n) is 4.29. The standard InChI is InChI=1S/C17H24N2/c1-2-14-7-6-10-16(13-14)19-17(11-12-18)15-8-4-3-5-9-15/h3-5,8-9,14,16-17,19H,2,6-7,10-11,13H2,1H3. The topological polar surface area (TPSA) is 35.8 Å². The van der Waals surface area contributed by atoms with Gasteiger partial charge in [0.1, 0.15) is 0 Å². The Hall–Kier alpha value is -1.33. The molecule has 1 aromatic carbocycles. The van der Waals surface area contributed by atoms with Crippen LogP contribution in [0.15, 0.2) is 30.3 Å². The summed E-state index contributed by atoms with van der Waals surface area (Å²) in [6.45, 7) is 2.29. The maximum Gasteiger partial charge on any atom is 0.0641 e. The molecule has 0 aliphatic heterocycles. The maximum absolute atomic E-state index is 9.04. The Kier molecular flexibility index (Phi) is 5.42. The number of hydrogen-bond acceptors (Lipinski definition) is 2. The highest BCUT2D eigenvalue weighted by molar-refractivity contribution is 5.20. The van der Waals surface area contributed by atoms with E-state index in [0.29, 0.717) is 12.5 Å². The molecule has 102 valence electrons. The highest BCUT2D eigenvalue weighted by Gasteiger charge is 2.23. The van der Waals surface area contributed by atoms with Crippen LogP contribution in [0.1, 0.15) is 57.1 Å². The first-order valence-corrected chi connectivity index (χ1v) is 7.51. The number of rotatable bonds is 5. The lowest BCUT2D eigenvalue weighted by Crippen LogP contribution is -2.36. The van der Waals surface area contributed by atoms with E-state index in [2.05, 4.69) is 42.6 Å². The molecule has 0 aromatic heterocycles. The zero-order valence-electron chi connectivity index (χ0n) is 11.8. The van der Waals surface area contributed by atoms with Crippen molar-refractivity contribution in [2.45, 2.75) is 57.5 Å². The van der Waals surface area contributed by atoms with Crippen LogP contribution in [0.2, 0.25) is 0 Å². The Morgan fingerprint density at radius 1 is 1.32 bits per heavy atom. The minimum absolute atomic E-state index is 0.187. The van der Waals surface area contributed by atoms with Crippen molar-refractivity contribution in [3.63, 3.8) is 0 Å². The molecule has 3 atom stereocenters. The normalized spacial score (nSPS) is 24.6. The molecule has 1 saturated carbocycles. The van der Waals surface area contributed by atoms with E-state index in [0.717, 1.165) is 5.92 Å². The van der Waals surface area contributed by atoms with Crippen molar-refractivity contribution in [2.75, 3.05) is 0 Å². The van der Waals surface area contributed by atoms with E-state index >= 15 is 0 Å². The molecule has 1 aliphatic rings. The first-order chi connectivity index (χ1) is 9.33. The van der Waals surface area contributed by atoms with Crippen LogP contribution in [0.4, 0.5) is 0 Å². The number of benzene rings is 1. The summed E-state index contributed by atoms with van der Waals surface area (Å²) in [5.74, 6) is 0.866. The average molecular weight is 256 g/mol. The molecule has 0 amide bonds. The summed E-state index contributed by atoms with van der Waals surface area (Å²) in [6, 6.07) is 13.5. The van der Waals surface area contributed by atoms with E-state index in [-0.39, 0.29) is 6.04 Å². The smallest absolute Gasteiger partial charge is 0.0641 e. The van der Waals surface area contributed by atoms with Gasteiger partial charge in [0.15, 0.2) is 0 Å². The van der Waals surface area contributed by atoms with Gasteiger partial charge in [0, 0.05) is 12.1 Å². The number of nitrogens with one attached hydrogen (secondary N) is 1.